The predicted octanol–water partition coefficient (Wildman–Crippen LogP) is 2.49. The van der Waals surface area contributed by atoms with Crippen LogP contribution in [0.1, 0.15) is 13.8 Å². The molecule has 0 saturated carbocycles. The molecule has 1 unspecified atom stereocenters. The van der Waals surface area contributed by atoms with Gasteiger partial charge in [0.25, 0.3) is 15.7 Å². The van der Waals surface area contributed by atoms with Crippen molar-refractivity contribution < 1.29 is 18.4 Å². The van der Waals surface area contributed by atoms with Crippen molar-refractivity contribution in [3.8, 4) is 0 Å². The van der Waals surface area contributed by atoms with Gasteiger partial charge in [-0.2, -0.15) is 0 Å². The Morgan fingerprint density at radius 1 is 1.04 bits per heavy atom. The van der Waals surface area contributed by atoms with Crippen LogP contribution in [0.4, 0.5) is 11.4 Å². The first-order valence-electron chi connectivity index (χ1n) is 9.02. The second-order valence-electron chi connectivity index (χ2n) is 6.27. The largest absolute Gasteiger partial charge is 0.390 e. The Hall–Kier alpha value is -2.49. The van der Waals surface area contributed by atoms with E-state index in [0.717, 1.165) is 17.4 Å². The number of anilines is 1. The number of benzene rings is 2. The van der Waals surface area contributed by atoms with Gasteiger partial charge in [-0.05, 0) is 31.3 Å². The molecular formula is C19H25N3O5S. The normalized spacial score (nSPS) is 12.7. The molecule has 0 bridgehead atoms. The molecule has 9 heteroatoms. The molecule has 0 aliphatic heterocycles. The van der Waals surface area contributed by atoms with Gasteiger partial charge in [0.15, 0.2) is 0 Å². The minimum absolute atomic E-state index is 0.0524. The van der Waals surface area contributed by atoms with Gasteiger partial charge in [0.1, 0.15) is 0 Å². The first kappa shape index (κ1) is 21.8. The van der Waals surface area contributed by atoms with Gasteiger partial charge in [0, 0.05) is 18.7 Å². The van der Waals surface area contributed by atoms with Crippen molar-refractivity contribution in [2.24, 2.45) is 0 Å². The van der Waals surface area contributed by atoms with Gasteiger partial charge in [0.05, 0.1) is 28.2 Å². The van der Waals surface area contributed by atoms with E-state index in [1.54, 1.807) is 18.2 Å². The maximum Gasteiger partial charge on any atom is 0.271 e. The molecule has 0 heterocycles. The van der Waals surface area contributed by atoms with Crippen molar-refractivity contribution in [2.45, 2.75) is 24.8 Å². The molecule has 1 atom stereocenters. The topological polar surface area (TPSA) is 104 Å². The second kappa shape index (κ2) is 9.63. The summed E-state index contributed by atoms with van der Waals surface area (Å²) in [5.74, 6) is 0. The third-order valence-electron chi connectivity index (χ3n) is 4.40. The van der Waals surface area contributed by atoms with E-state index in [1.807, 2.05) is 18.7 Å². The molecule has 0 spiro atoms. The Labute approximate surface area is 165 Å². The van der Waals surface area contributed by atoms with Crippen LogP contribution in [-0.4, -0.2) is 55.6 Å². The molecule has 2 aromatic rings. The molecule has 2 aromatic carbocycles. The molecule has 0 aromatic heterocycles. The van der Waals surface area contributed by atoms with E-state index in [1.165, 1.54) is 36.4 Å². The van der Waals surface area contributed by atoms with Crippen molar-refractivity contribution in [3.63, 3.8) is 0 Å². The van der Waals surface area contributed by atoms with Crippen LogP contribution in [0.5, 0.6) is 0 Å². The van der Waals surface area contributed by atoms with E-state index in [4.69, 9.17) is 0 Å². The zero-order chi connectivity index (χ0) is 20.7. The van der Waals surface area contributed by atoms with Gasteiger partial charge in [-0.1, -0.05) is 38.1 Å². The standard InChI is InChI=1S/C19H25N3O5S/c1-3-20(4-2)14-18(23)15-21(16-9-8-10-17(13-16)22(24)25)28(26,27)19-11-6-5-7-12-19/h5-13,18,23H,3-4,14-15H2,1-2H3. The monoisotopic (exact) mass is 407 g/mol. The average Bonchev–Trinajstić information content (AvgIpc) is 2.70. The van der Waals surface area contributed by atoms with Crippen molar-refractivity contribution in [1.29, 1.82) is 0 Å². The van der Waals surface area contributed by atoms with E-state index < -0.39 is 21.1 Å². The maximum atomic E-state index is 13.2. The fourth-order valence-electron chi connectivity index (χ4n) is 2.85. The van der Waals surface area contributed by atoms with Crippen molar-refractivity contribution in [3.05, 3.63) is 64.7 Å². The number of hydrogen-bond acceptors (Lipinski definition) is 6. The quantitative estimate of drug-likeness (QED) is 0.479. The number of likely N-dealkylation sites (N-methyl/N-ethyl adjacent to an activating group) is 1. The van der Waals surface area contributed by atoms with Crippen LogP contribution in [0.3, 0.4) is 0 Å². The van der Waals surface area contributed by atoms with Gasteiger partial charge in [-0.15, -0.1) is 0 Å². The van der Waals surface area contributed by atoms with Gasteiger partial charge in [-0.25, -0.2) is 8.42 Å². The third-order valence-corrected chi connectivity index (χ3v) is 6.21. The Bertz CT molecular complexity index is 885. The lowest BCUT2D eigenvalue weighted by Gasteiger charge is -2.29. The highest BCUT2D eigenvalue weighted by Gasteiger charge is 2.28. The van der Waals surface area contributed by atoms with Crippen molar-refractivity contribution >= 4 is 21.4 Å². The van der Waals surface area contributed by atoms with Crippen LogP contribution in [-0.2, 0) is 10.0 Å². The van der Waals surface area contributed by atoms with Crippen LogP contribution < -0.4 is 4.31 Å². The summed E-state index contributed by atoms with van der Waals surface area (Å²) in [6, 6.07) is 13.2. The number of nitrogens with zero attached hydrogens (tertiary/aromatic N) is 3. The lowest BCUT2D eigenvalue weighted by atomic mass is 10.2. The summed E-state index contributed by atoms with van der Waals surface area (Å²) in [6.07, 6.45) is -0.961. The first-order valence-corrected chi connectivity index (χ1v) is 10.5. The van der Waals surface area contributed by atoms with E-state index in [2.05, 4.69) is 0 Å². The smallest absolute Gasteiger partial charge is 0.271 e. The Kier molecular flexibility index (Phi) is 7.50. The SMILES string of the molecule is CCN(CC)CC(O)CN(c1cccc([N+](=O)[O-])c1)S(=O)(=O)c1ccccc1. The molecule has 0 amide bonds. The van der Waals surface area contributed by atoms with Crippen LogP contribution in [0.25, 0.3) is 0 Å². The van der Waals surface area contributed by atoms with Gasteiger partial charge >= 0.3 is 0 Å². The molecule has 0 aliphatic rings. The zero-order valence-corrected chi connectivity index (χ0v) is 16.7. The number of sulfonamides is 1. The lowest BCUT2D eigenvalue weighted by molar-refractivity contribution is -0.384. The van der Waals surface area contributed by atoms with Gasteiger partial charge in [-0.3, -0.25) is 14.4 Å². The van der Waals surface area contributed by atoms with Crippen LogP contribution in [0, 0.1) is 10.1 Å². The number of aliphatic hydroxyl groups excluding tert-OH is 1. The number of non-ortho nitro benzene ring substituents is 1. The summed E-state index contributed by atoms with van der Waals surface area (Å²) >= 11 is 0. The van der Waals surface area contributed by atoms with Crippen molar-refractivity contribution in [1.82, 2.24) is 4.90 Å². The van der Waals surface area contributed by atoms with E-state index in [-0.39, 0.29) is 22.8 Å². The average molecular weight is 407 g/mol. The van der Waals surface area contributed by atoms with Gasteiger partial charge < -0.3 is 10.0 Å². The van der Waals surface area contributed by atoms with Gasteiger partial charge in [0.2, 0.25) is 0 Å². The molecule has 2 rings (SSSR count). The number of hydrogen-bond donors (Lipinski definition) is 1. The predicted molar refractivity (Wildman–Crippen MR) is 108 cm³/mol. The first-order chi connectivity index (χ1) is 13.3. The summed E-state index contributed by atoms with van der Waals surface area (Å²) in [5.41, 5.74) is -0.0827. The minimum atomic E-state index is -4.01. The molecule has 1 N–H and O–H groups in total. The Balaban J connectivity index is 2.44. The zero-order valence-electron chi connectivity index (χ0n) is 15.9. The molecule has 0 fully saturated rings. The molecule has 8 nitrogen and oxygen atoms in total. The van der Waals surface area contributed by atoms with Crippen LogP contribution in [0.2, 0.25) is 0 Å². The number of nitro benzene ring substituents is 1. The fraction of sp³-hybridized carbons (Fsp3) is 0.368. The summed E-state index contributed by atoms with van der Waals surface area (Å²) in [4.78, 5) is 12.6. The number of nitro groups is 1. The number of rotatable bonds is 10. The lowest BCUT2D eigenvalue weighted by Crippen LogP contribution is -2.43. The summed E-state index contributed by atoms with van der Waals surface area (Å²) < 4.78 is 27.4. The highest BCUT2D eigenvalue weighted by Crippen LogP contribution is 2.27. The summed E-state index contributed by atoms with van der Waals surface area (Å²) in [6.45, 7) is 5.42. The Morgan fingerprint density at radius 3 is 2.25 bits per heavy atom. The summed E-state index contributed by atoms with van der Waals surface area (Å²) in [7, 11) is -4.01. The van der Waals surface area contributed by atoms with E-state index >= 15 is 0 Å². The highest BCUT2D eigenvalue weighted by atomic mass is 32.2. The Morgan fingerprint density at radius 2 is 1.68 bits per heavy atom. The molecule has 0 saturated heterocycles. The third kappa shape index (κ3) is 5.28. The molecular weight excluding hydrogens is 382 g/mol. The van der Waals surface area contributed by atoms with Crippen LogP contribution >= 0.6 is 0 Å². The second-order valence-corrected chi connectivity index (χ2v) is 8.13. The van der Waals surface area contributed by atoms with Crippen molar-refractivity contribution in [2.75, 3.05) is 30.5 Å². The fourth-order valence-corrected chi connectivity index (χ4v) is 4.37. The molecule has 0 aliphatic carbocycles. The summed E-state index contributed by atoms with van der Waals surface area (Å²) in [5, 5.41) is 21.6. The molecule has 0 radical (unpaired) electrons. The highest BCUT2D eigenvalue weighted by molar-refractivity contribution is 7.92. The van der Waals surface area contributed by atoms with E-state index in [0.29, 0.717) is 6.54 Å². The molecule has 28 heavy (non-hydrogen) atoms. The minimum Gasteiger partial charge on any atom is -0.390 e. The van der Waals surface area contributed by atoms with Crippen LogP contribution in [0.15, 0.2) is 59.5 Å². The maximum absolute atomic E-state index is 13.2. The number of aliphatic hydroxyl groups is 1. The molecule has 152 valence electrons. The van der Waals surface area contributed by atoms with E-state index in [9.17, 15) is 23.6 Å².